The van der Waals surface area contributed by atoms with Gasteiger partial charge in [-0.1, -0.05) is 44.2 Å². The van der Waals surface area contributed by atoms with E-state index in [0.29, 0.717) is 5.54 Å². The van der Waals surface area contributed by atoms with Gasteiger partial charge in [-0.2, -0.15) is 0 Å². The average Bonchev–Trinajstić information content (AvgIpc) is 2.28. The highest BCUT2D eigenvalue weighted by Gasteiger charge is 2.34. The van der Waals surface area contributed by atoms with Gasteiger partial charge in [-0.25, -0.2) is 0 Å². The molecule has 1 fully saturated rings. The van der Waals surface area contributed by atoms with Gasteiger partial charge in [-0.05, 0) is 38.3 Å². The highest BCUT2D eigenvalue weighted by Crippen LogP contribution is 2.34. The molecule has 1 saturated carbocycles. The third kappa shape index (κ3) is 3.07. The van der Waals surface area contributed by atoms with E-state index in [0.717, 1.165) is 0 Å². The molecule has 1 aromatic rings. The van der Waals surface area contributed by atoms with Gasteiger partial charge in [-0.15, -0.1) is 0 Å². The normalized spacial score (nSPS) is 17.3. The predicted molar refractivity (Wildman–Crippen MR) is 67.1 cm³/mol. The highest BCUT2D eigenvalue weighted by atomic mass is 15.0. The Bertz CT molecular complexity index is 256. The summed E-state index contributed by atoms with van der Waals surface area (Å²) in [5.74, 6) is 0. The van der Waals surface area contributed by atoms with Gasteiger partial charge in [0.05, 0.1) is 0 Å². The number of likely N-dealkylation sites (N-methyl/N-ethyl adjacent to an activating group) is 1. The summed E-state index contributed by atoms with van der Waals surface area (Å²) in [6, 6.07) is 10.8. The van der Waals surface area contributed by atoms with Crippen LogP contribution in [0.3, 0.4) is 0 Å². The summed E-state index contributed by atoms with van der Waals surface area (Å²) in [6.45, 7) is 4.00. The quantitative estimate of drug-likeness (QED) is 0.797. The van der Waals surface area contributed by atoms with E-state index in [1.165, 1.54) is 31.2 Å². The van der Waals surface area contributed by atoms with Gasteiger partial charge in [0.15, 0.2) is 0 Å². The number of hydrogen-bond donors (Lipinski definition) is 1. The van der Waals surface area contributed by atoms with Crippen LogP contribution < -0.4 is 5.32 Å². The Labute approximate surface area is 93.9 Å². The smallest absolute Gasteiger partial charge is 0.0218 e. The van der Waals surface area contributed by atoms with Crippen molar-refractivity contribution in [3.8, 4) is 0 Å². The Kier molecular flexibility index (Phi) is 4.83. The van der Waals surface area contributed by atoms with Crippen molar-refractivity contribution >= 4 is 0 Å². The first-order chi connectivity index (χ1) is 7.35. The summed E-state index contributed by atoms with van der Waals surface area (Å²) in [5.41, 5.74) is 1.87. The zero-order valence-electron chi connectivity index (χ0n) is 10.2. The minimum atomic E-state index is 0.418. The van der Waals surface area contributed by atoms with E-state index in [1.54, 1.807) is 0 Å². The highest BCUT2D eigenvalue weighted by molar-refractivity contribution is 5.19. The van der Waals surface area contributed by atoms with Crippen LogP contribution in [-0.2, 0) is 6.42 Å². The molecule has 1 N–H and O–H groups in total. The SMILES string of the molecule is CC.CNC1(Cc2ccccc2)CCC1. The van der Waals surface area contributed by atoms with E-state index in [2.05, 4.69) is 42.7 Å². The van der Waals surface area contributed by atoms with Crippen LogP contribution in [0.4, 0.5) is 0 Å². The van der Waals surface area contributed by atoms with Crippen LogP contribution in [0.2, 0.25) is 0 Å². The minimum absolute atomic E-state index is 0.418. The molecule has 2 rings (SSSR count). The second kappa shape index (κ2) is 5.92. The molecule has 1 aliphatic carbocycles. The summed E-state index contributed by atoms with van der Waals surface area (Å²) in [5, 5.41) is 3.46. The summed E-state index contributed by atoms with van der Waals surface area (Å²) < 4.78 is 0. The van der Waals surface area contributed by atoms with Crippen LogP contribution in [0.25, 0.3) is 0 Å². The largest absolute Gasteiger partial charge is 0.314 e. The van der Waals surface area contributed by atoms with Crippen molar-refractivity contribution in [1.29, 1.82) is 0 Å². The molecular formula is C14H23N. The Balaban J connectivity index is 0.000000531. The summed E-state index contributed by atoms with van der Waals surface area (Å²) in [6.07, 6.45) is 5.23. The van der Waals surface area contributed by atoms with Crippen LogP contribution in [-0.4, -0.2) is 12.6 Å². The summed E-state index contributed by atoms with van der Waals surface area (Å²) in [4.78, 5) is 0. The number of hydrogen-bond acceptors (Lipinski definition) is 1. The first kappa shape index (κ1) is 12.3. The molecule has 0 atom stereocenters. The Morgan fingerprint density at radius 2 is 1.73 bits per heavy atom. The maximum Gasteiger partial charge on any atom is 0.0218 e. The average molecular weight is 205 g/mol. The van der Waals surface area contributed by atoms with Gasteiger partial charge in [0.1, 0.15) is 0 Å². The van der Waals surface area contributed by atoms with Gasteiger partial charge < -0.3 is 5.32 Å². The van der Waals surface area contributed by atoms with Crippen LogP contribution in [0.15, 0.2) is 30.3 Å². The standard InChI is InChI=1S/C12H17N.C2H6/c1-13-12(8-5-9-12)10-11-6-3-2-4-7-11;1-2/h2-4,6-7,13H,5,8-10H2,1H3;1-2H3. The lowest BCUT2D eigenvalue weighted by molar-refractivity contribution is 0.198. The molecule has 0 heterocycles. The van der Waals surface area contributed by atoms with Crippen molar-refractivity contribution in [1.82, 2.24) is 5.32 Å². The molecule has 1 aromatic carbocycles. The van der Waals surface area contributed by atoms with Gasteiger partial charge in [0.25, 0.3) is 0 Å². The monoisotopic (exact) mass is 205 g/mol. The fourth-order valence-corrected chi connectivity index (χ4v) is 2.11. The van der Waals surface area contributed by atoms with E-state index in [4.69, 9.17) is 0 Å². The van der Waals surface area contributed by atoms with E-state index in [-0.39, 0.29) is 0 Å². The van der Waals surface area contributed by atoms with E-state index < -0.39 is 0 Å². The minimum Gasteiger partial charge on any atom is -0.314 e. The van der Waals surface area contributed by atoms with Crippen LogP contribution in [0, 0.1) is 0 Å². The fraction of sp³-hybridized carbons (Fsp3) is 0.571. The third-order valence-corrected chi connectivity index (χ3v) is 3.23. The molecule has 0 aromatic heterocycles. The molecule has 15 heavy (non-hydrogen) atoms. The zero-order valence-corrected chi connectivity index (χ0v) is 10.2. The molecule has 0 radical (unpaired) electrons. The van der Waals surface area contributed by atoms with E-state index in [1.807, 2.05) is 13.8 Å². The number of nitrogens with one attached hydrogen (secondary N) is 1. The maximum atomic E-state index is 3.46. The van der Waals surface area contributed by atoms with Crippen LogP contribution in [0.5, 0.6) is 0 Å². The second-order valence-corrected chi connectivity index (χ2v) is 4.05. The summed E-state index contributed by atoms with van der Waals surface area (Å²) in [7, 11) is 2.09. The van der Waals surface area contributed by atoms with E-state index >= 15 is 0 Å². The molecule has 1 aliphatic rings. The zero-order chi connectivity index (χ0) is 11.1. The van der Waals surface area contributed by atoms with Gasteiger partial charge >= 0.3 is 0 Å². The molecule has 0 saturated heterocycles. The van der Waals surface area contributed by atoms with Gasteiger partial charge in [0, 0.05) is 5.54 Å². The lowest BCUT2D eigenvalue weighted by Crippen LogP contribution is -2.50. The van der Waals surface area contributed by atoms with Crippen molar-refractivity contribution in [2.45, 2.75) is 45.1 Å². The van der Waals surface area contributed by atoms with E-state index in [9.17, 15) is 0 Å². The van der Waals surface area contributed by atoms with Crippen molar-refractivity contribution in [2.24, 2.45) is 0 Å². The Hall–Kier alpha value is -0.820. The van der Waals surface area contributed by atoms with Crippen LogP contribution >= 0.6 is 0 Å². The molecular weight excluding hydrogens is 182 g/mol. The molecule has 0 unspecified atom stereocenters. The molecule has 1 heteroatoms. The maximum absolute atomic E-state index is 3.46. The Morgan fingerprint density at radius 3 is 2.13 bits per heavy atom. The van der Waals surface area contributed by atoms with Crippen molar-refractivity contribution < 1.29 is 0 Å². The first-order valence-electron chi connectivity index (χ1n) is 6.07. The molecule has 84 valence electrons. The van der Waals surface area contributed by atoms with Crippen molar-refractivity contribution in [3.63, 3.8) is 0 Å². The van der Waals surface area contributed by atoms with Gasteiger partial charge in [0.2, 0.25) is 0 Å². The predicted octanol–water partition coefficient (Wildman–Crippen LogP) is 3.40. The second-order valence-electron chi connectivity index (χ2n) is 4.05. The summed E-state index contributed by atoms with van der Waals surface area (Å²) >= 11 is 0. The molecule has 0 bridgehead atoms. The number of benzene rings is 1. The lowest BCUT2D eigenvalue weighted by atomic mass is 9.73. The molecule has 1 nitrogen and oxygen atoms in total. The third-order valence-electron chi connectivity index (χ3n) is 3.23. The topological polar surface area (TPSA) is 12.0 Å². The number of rotatable bonds is 3. The molecule has 0 spiro atoms. The lowest BCUT2D eigenvalue weighted by Gasteiger charge is -2.42. The van der Waals surface area contributed by atoms with Crippen molar-refractivity contribution in [3.05, 3.63) is 35.9 Å². The van der Waals surface area contributed by atoms with Gasteiger partial charge in [-0.3, -0.25) is 0 Å². The fourth-order valence-electron chi connectivity index (χ4n) is 2.11. The molecule has 0 aliphatic heterocycles. The Morgan fingerprint density at radius 1 is 1.13 bits per heavy atom. The first-order valence-corrected chi connectivity index (χ1v) is 6.07. The van der Waals surface area contributed by atoms with Crippen molar-refractivity contribution in [2.75, 3.05) is 7.05 Å². The van der Waals surface area contributed by atoms with Crippen LogP contribution in [0.1, 0.15) is 38.7 Å². The molecule has 0 amide bonds.